The highest BCUT2D eigenvalue weighted by atomic mass is 32.2. The smallest absolute Gasteiger partial charge is 0.345 e. The molecule has 9 heteroatoms. The van der Waals surface area contributed by atoms with Gasteiger partial charge in [0.25, 0.3) is 0 Å². The molecule has 0 amide bonds. The van der Waals surface area contributed by atoms with Crippen LogP contribution >= 0.6 is 11.3 Å². The number of rotatable bonds is 6. The van der Waals surface area contributed by atoms with Crippen LogP contribution < -0.4 is 4.72 Å². The second kappa shape index (κ2) is 6.82. The van der Waals surface area contributed by atoms with Gasteiger partial charge in [0.1, 0.15) is 10.6 Å². The van der Waals surface area contributed by atoms with Crippen molar-refractivity contribution in [3.8, 4) is 0 Å². The number of hydrogen-bond acceptors (Lipinski definition) is 6. The summed E-state index contributed by atoms with van der Waals surface area (Å²) in [5, 5.41) is 13.5. The van der Waals surface area contributed by atoms with Gasteiger partial charge in [-0.3, -0.25) is 0 Å². The predicted octanol–water partition coefficient (Wildman–Crippen LogP) is 3.11. The van der Waals surface area contributed by atoms with E-state index in [-0.39, 0.29) is 15.8 Å². The maximum atomic E-state index is 12.7. The molecule has 0 bridgehead atoms. The minimum Gasteiger partial charge on any atom is -0.477 e. The lowest BCUT2D eigenvalue weighted by Crippen LogP contribution is -2.34. The quantitative estimate of drug-likeness (QED) is 0.665. The summed E-state index contributed by atoms with van der Waals surface area (Å²) >= 11 is 1.11. The standard InChI is InChI=1S/C17H18N2O5S2/c1-9(6-14-10(2)18-24-11(14)3)19-26(22,23)13-4-5-15-12(7-13)8-16(25-15)17(20)21/h4-5,7-9,19H,6H2,1-3H3,(H,20,21). The maximum absolute atomic E-state index is 12.7. The minimum atomic E-state index is -3.73. The van der Waals surface area contributed by atoms with Gasteiger partial charge in [0, 0.05) is 16.3 Å². The number of fused-ring (bicyclic) bond motifs is 1. The van der Waals surface area contributed by atoms with Crippen LogP contribution in [0.25, 0.3) is 10.1 Å². The van der Waals surface area contributed by atoms with Gasteiger partial charge >= 0.3 is 5.97 Å². The molecular formula is C17H18N2O5S2. The van der Waals surface area contributed by atoms with Gasteiger partial charge in [-0.05, 0) is 56.8 Å². The van der Waals surface area contributed by atoms with Crippen molar-refractivity contribution in [2.24, 2.45) is 0 Å². The van der Waals surface area contributed by atoms with Gasteiger partial charge < -0.3 is 9.63 Å². The number of hydrogen-bond donors (Lipinski definition) is 2. The average molecular weight is 394 g/mol. The third-order valence-electron chi connectivity index (χ3n) is 4.06. The third-order valence-corrected chi connectivity index (χ3v) is 6.75. The molecule has 26 heavy (non-hydrogen) atoms. The molecule has 0 aliphatic heterocycles. The summed E-state index contributed by atoms with van der Waals surface area (Å²) in [6.45, 7) is 5.38. The van der Waals surface area contributed by atoms with Crippen molar-refractivity contribution in [2.45, 2.75) is 38.1 Å². The number of aryl methyl sites for hydroxylation is 2. The molecule has 1 aromatic carbocycles. The fourth-order valence-electron chi connectivity index (χ4n) is 2.77. The van der Waals surface area contributed by atoms with Crippen LogP contribution in [0.5, 0.6) is 0 Å². The molecule has 1 unspecified atom stereocenters. The Balaban J connectivity index is 1.83. The number of nitrogens with zero attached hydrogens (tertiary/aromatic N) is 1. The van der Waals surface area contributed by atoms with Crippen LogP contribution in [0, 0.1) is 13.8 Å². The van der Waals surface area contributed by atoms with Crippen molar-refractivity contribution in [3.05, 3.63) is 46.2 Å². The van der Waals surface area contributed by atoms with Crippen LogP contribution in [-0.4, -0.2) is 30.7 Å². The first kappa shape index (κ1) is 18.6. The molecule has 7 nitrogen and oxygen atoms in total. The monoisotopic (exact) mass is 394 g/mol. The zero-order chi connectivity index (χ0) is 19.1. The van der Waals surface area contributed by atoms with E-state index >= 15 is 0 Å². The molecule has 3 rings (SSSR count). The Morgan fingerprint density at radius 2 is 2.08 bits per heavy atom. The summed E-state index contributed by atoms with van der Waals surface area (Å²) in [6, 6.07) is 5.72. The summed E-state index contributed by atoms with van der Waals surface area (Å²) in [6.07, 6.45) is 0.463. The number of sulfonamides is 1. The number of carboxylic acids is 1. The number of aromatic carboxylic acids is 1. The first-order chi connectivity index (χ1) is 12.2. The summed E-state index contributed by atoms with van der Waals surface area (Å²) in [7, 11) is -3.73. The summed E-state index contributed by atoms with van der Waals surface area (Å²) in [5.74, 6) is -0.351. The molecule has 0 spiro atoms. The molecule has 1 atom stereocenters. The van der Waals surface area contributed by atoms with E-state index in [1.807, 2.05) is 6.92 Å². The molecular weight excluding hydrogens is 376 g/mol. The molecule has 0 fully saturated rings. The van der Waals surface area contributed by atoms with Gasteiger partial charge in [-0.15, -0.1) is 11.3 Å². The van der Waals surface area contributed by atoms with Gasteiger partial charge in [0.2, 0.25) is 10.0 Å². The van der Waals surface area contributed by atoms with E-state index in [4.69, 9.17) is 9.63 Å². The van der Waals surface area contributed by atoms with Crippen LogP contribution in [0.4, 0.5) is 0 Å². The van der Waals surface area contributed by atoms with Crippen molar-refractivity contribution in [3.63, 3.8) is 0 Å². The lowest BCUT2D eigenvalue weighted by Gasteiger charge is -2.14. The molecule has 3 aromatic rings. The number of aromatic nitrogens is 1. The molecule has 0 saturated heterocycles. The van der Waals surface area contributed by atoms with Gasteiger partial charge in [0.05, 0.1) is 10.6 Å². The largest absolute Gasteiger partial charge is 0.477 e. The van der Waals surface area contributed by atoms with Crippen LogP contribution in [0.3, 0.4) is 0 Å². The molecule has 2 heterocycles. The highest BCUT2D eigenvalue weighted by molar-refractivity contribution is 7.89. The van der Waals surface area contributed by atoms with Crippen LogP contribution in [0.1, 0.15) is 33.6 Å². The van der Waals surface area contributed by atoms with E-state index in [0.717, 1.165) is 27.3 Å². The normalized spacial score (nSPS) is 13.2. The van der Waals surface area contributed by atoms with E-state index < -0.39 is 16.0 Å². The van der Waals surface area contributed by atoms with E-state index in [1.165, 1.54) is 18.2 Å². The SMILES string of the molecule is Cc1noc(C)c1CC(C)NS(=O)(=O)c1ccc2sc(C(=O)O)cc2c1. The summed E-state index contributed by atoms with van der Waals surface area (Å²) in [5.41, 5.74) is 1.63. The second-order valence-corrected chi connectivity index (χ2v) is 8.94. The van der Waals surface area contributed by atoms with E-state index in [2.05, 4.69) is 9.88 Å². The Morgan fingerprint density at radius 1 is 1.35 bits per heavy atom. The Morgan fingerprint density at radius 3 is 2.69 bits per heavy atom. The van der Waals surface area contributed by atoms with Crippen LogP contribution in [-0.2, 0) is 16.4 Å². The van der Waals surface area contributed by atoms with Gasteiger partial charge in [-0.1, -0.05) is 5.16 Å². The highest BCUT2D eigenvalue weighted by Crippen LogP contribution is 2.28. The Hall–Kier alpha value is -2.23. The lowest BCUT2D eigenvalue weighted by molar-refractivity contribution is 0.0702. The average Bonchev–Trinajstić information content (AvgIpc) is 3.12. The van der Waals surface area contributed by atoms with E-state index in [1.54, 1.807) is 19.9 Å². The lowest BCUT2D eigenvalue weighted by atomic mass is 10.1. The van der Waals surface area contributed by atoms with Gasteiger partial charge in [-0.25, -0.2) is 17.9 Å². The summed E-state index contributed by atoms with van der Waals surface area (Å²) in [4.78, 5) is 11.3. The minimum absolute atomic E-state index is 0.102. The topological polar surface area (TPSA) is 110 Å². The molecule has 2 N–H and O–H groups in total. The Labute approximate surface area is 154 Å². The number of nitrogens with one attached hydrogen (secondary N) is 1. The number of benzene rings is 1. The second-order valence-electron chi connectivity index (χ2n) is 6.14. The molecule has 0 aliphatic rings. The predicted molar refractivity (Wildman–Crippen MR) is 98.2 cm³/mol. The van der Waals surface area contributed by atoms with Crippen molar-refractivity contribution >= 4 is 37.4 Å². The van der Waals surface area contributed by atoms with E-state index in [9.17, 15) is 13.2 Å². The van der Waals surface area contributed by atoms with E-state index in [0.29, 0.717) is 17.6 Å². The van der Waals surface area contributed by atoms with Crippen molar-refractivity contribution < 1.29 is 22.8 Å². The molecule has 2 aromatic heterocycles. The third kappa shape index (κ3) is 3.64. The first-order valence-electron chi connectivity index (χ1n) is 7.88. The zero-order valence-electron chi connectivity index (χ0n) is 14.4. The van der Waals surface area contributed by atoms with Crippen molar-refractivity contribution in [1.82, 2.24) is 9.88 Å². The van der Waals surface area contributed by atoms with Gasteiger partial charge in [0.15, 0.2) is 0 Å². The van der Waals surface area contributed by atoms with Gasteiger partial charge in [-0.2, -0.15) is 0 Å². The van der Waals surface area contributed by atoms with Crippen molar-refractivity contribution in [1.29, 1.82) is 0 Å². The molecule has 0 radical (unpaired) electrons. The molecule has 0 aliphatic carbocycles. The number of carboxylic acid groups (broad SMARTS) is 1. The van der Waals surface area contributed by atoms with Crippen molar-refractivity contribution in [2.75, 3.05) is 0 Å². The fourth-order valence-corrected chi connectivity index (χ4v) is 4.93. The van der Waals surface area contributed by atoms with Crippen LogP contribution in [0.2, 0.25) is 0 Å². The first-order valence-corrected chi connectivity index (χ1v) is 10.2. The van der Waals surface area contributed by atoms with Crippen LogP contribution in [0.15, 0.2) is 33.7 Å². The highest BCUT2D eigenvalue weighted by Gasteiger charge is 2.21. The Kier molecular flexibility index (Phi) is 4.87. The Bertz CT molecular complexity index is 1060. The number of carbonyl (C=O) groups is 1. The molecule has 0 saturated carbocycles. The zero-order valence-corrected chi connectivity index (χ0v) is 16.1. The molecule has 138 valence electrons. The maximum Gasteiger partial charge on any atom is 0.345 e. The summed E-state index contributed by atoms with van der Waals surface area (Å²) < 4.78 is 33.8. The fraction of sp³-hybridized carbons (Fsp3) is 0.294. The number of thiophene rings is 1.